The lowest BCUT2D eigenvalue weighted by Crippen LogP contribution is -2.13. The van der Waals surface area contributed by atoms with Crippen LogP contribution in [0.2, 0.25) is 0 Å². The van der Waals surface area contributed by atoms with Gasteiger partial charge in [0.05, 0.1) is 11.0 Å². The van der Waals surface area contributed by atoms with Gasteiger partial charge in [-0.25, -0.2) is 4.39 Å². The van der Waals surface area contributed by atoms with Crippen molar-refractivity contribution in [1.29, 1.82) is 0 Å². The Balaban J connectivity index is 1.92. The molecule has 0 amide bonds. The fourth-order valence-electron chi connectivity index (χ4n) is 3.08. The SMILES string of the molecule is Fc1ccc2c(c1)[nH]c(=S)n2C(C1CC1)C1CC1. The molecule has 0 radical (unpaired) electrons. The number of nitrogens with one attached hydrogen (secondary N) is 1. The summed E-state index contributed by atoms with van der Waals surface area (Å²) in [6.07, 6.45) is 5.27. The van der Waals surface area contributed by atoms with E-state index in [1.807, 2.05) is 6.07 Å². The van der Waals surface area contributed by atoms with E-state index >= 15 is 0 Å². The van der Waals surface area contributed by atoms with E-state index in [1.165, 1.54) is 31.7 Å². The third-order valence-corrected chi connectivity index (χ3v) is 4.49. The Kier molecular flexibility index (Phi) is 2.19. The van der Waals surface area contributed by atoms with Crippen molar-refractivity contribution in [2.24, 2.45) is 11.8 Å². The molecule has 4 heteroatoms. The molecule has 1 aromatic carbocycles. The number of imidazole rings is 1. The van der Waals surface area contributed by atoms with E-state index in [1.54, 1.807) is 6.07 Å². The minimum Gasteiger partial charge on any atom is -0.330 e. The van der Waals surface area contributed by atoms with Crippen LogP contribution >= 0.6 is 12.2 Å². The number of aromatic amines is 1. The van der Waals surface area contributed by atoms with Gasteiger partial charge in [-0.2, -0.15) is 0 Å². The molecule has 94 valence electrons. The molecule has 0 saturated heterocycles. The molecule has 0 bridgehead atoms. The number of rotatable bonds is 3. The van der Waals surface area contributed by atoms with Crippen LogP contribution in [0.1, 0.15) is 31.7 Å². The molecule has 2 aliphatic carbocycles. The lowest BCUT2D eigenvalue weighted by atomic mass is 10.1. The zero-order chi connectivity index (χ0) is 12.3. The summed E-state index contributed by atoms with van der Waals surface area (Å²) >= 11 is 5.45. The van der Waals surface area contributed by atoms with Crippen LogP contribution in [0.25, 0.3) is 11.0 Å². The third kappa shape index (κ3) is 1.62. The van der Waals surface area contributed by atoms with Crippen molar-refractivity contribution in [3.05, 3.63) is 28.8 Å². The Labute approximate surface area is 110 Å². The summed E-state index contributed by atoms with van der Waals surface area (Å²) in [6, 6.07) is 5.46. The van der Waals surface area contributed by atoms with Gasteiger partial charge < -0.3 is 9.55 Å². The van der Waals surface area contributed by atoms with E-state index in [2.05, 4.69) is 9.55 Å². The first kappa shape index (κ1) is 10.7. The first-order valence-electron chi connectivity index (χ1n) is 6.64. The minimum atomic E-state index is -0.208. The summed E-state index contributed by atoms with van der Waals surface area (Å²) in [5.74, 6) is 1.36. The second kappa shape index (κ2) is 3.67. The smallest absolute Gasteiger partial charge is 0.178 e. The molecule has 2 aliphatic rings. The summed E-state index contributed by atoms with van der Waals surface area (Å²) in [4.78, 5) is 3.15. The Bertz CT molecular complexity index is 652. The van der Waals surface area contributed by atoms with E-state index in [0.717, 1.165) is 27.6 Å². The number of nitrogens with zero attached hydrogens (tertiary/aromatic N) is 1. The highest BCUT2D eigenvalue weighted by Crippen LogP contribution is 2.52. The van der Waals surface area contributed by atoms with Gasteiger partial charge in [0.2, 0.25) is 0 Å². The van der Waals surface area contributed by atoms with Crippen molar-refractivity contribution in [1.82, 2.24) is 9.55 Å². The number of aromatic nitrogens is 2. The largest absolute Gasteiger partial charge is 0.330 e. The van der Waals surface area contributed by atoms with Crippen molar-refractivity contribution in [3.8, 4) is 0 Å². The number of H-pyrrole nitrogens is 1. The van der Waals surface area contributed by atoms with Crippen LogP contribution in [0.3, 0.4) is 0 Å². The molecule has 2 fully saturated rings. The first-order valence-corrected chi connectivity index (χ1v) is 7.04. The fraction of sp³-hybridized carbons (Fsp3) is 0.500. The molecule has 0 spiro atoms. The second-order valence-corrected chi connectivity index (χ2v) is 6.01. The molecule has 0 atom stereocenters. The highest BCUT2D eigenvalue weighted by Gasteiger charge is 2.43. The summed E-state index contributed by atoms with van der Waals surface area (Å²) in [5, 5.41) is 0. The lowest BCUT2D eigenvalue weighted by Gasteiger charge is -2.18. The Hall–Kier alpha value is -1.16. The van der Waals surface area contributed by atoms with Crippen LogP contribution in [-0.4, -0.2) is 9.55 Å². The molecule has 0 unspecified atom stereocenters. The van der Waals surface area contributed by atoms with Crippen LogP contribution in [0.5, 0.6) is 0 Å². The fourth-order valence-corrected chi connectivity index (χ4v) is 3.41. The molecule has 1 N–H and O–H groups in total. The maximum absolute atomic E-state index is 13.3. The second-order valence-electron chi connectivity index (χ2n) is 5.63. The van der Waals surface area contributed by atoms with Gasteiger partial charge in [-0.05, 0) is 67.9 Å². The van der Waals surface area contributed by atoms with Crippen LogP contribution in [0, 0.1) is 22.4 Å². The monoisotopic (exact) mass is 262 g/mol. The normalized spacial score (nSPS) is 19.9. The van der Waals surface area contributed by atoms with Crippen LogP contribution in [-0.2, 0) is 0 Å². The van der Waals surface area contributed by atoms with Crippen LogP contribution < -0.4 is 0 Å². The van der Waals surface area contributed by atoms with E-state index < -0.39 is 0 Å². The zero-order valence-electron chi connectivity index (χ0n) is 10.0. The van der Waals surface area contributed by atoms with E-state index in [0.29, 0.717) is 6.04 Å². The summed E-state index contributed by atoms with van der Waals surface area (Å²) in [6.45, 7) is 0. The molecule has 18 heavy (non-hydrogen) atoms. The number of halogens is 1. The molecular formula is C14H15FN2S. The topological polar surface area (TPSA) is 20.7 Å². The van der Waals surface area contributed by atoms with Crippen molar-refractivity contribution in [2.45, 2.75) is 31.7 Å². The predicted molar refractivity (Wildman–Crippen MR) is 71.6 cm³/mol. The minimum absolute atomic E-state index is 0.208. The maximum atomic E-state index is 13.3. The number of hydrogen-bond acceptors (Lipinski definition) is 1. The number of benzene rings is 1. The van der Waals surface area contributed by atoms with Gasteiger partial charge in [0.25, 0.3) is 0 Å². The standard InChI is InChI=1S/C14H15FN2S/c15-10-5-6-12-11(7-10)16-14(18)17(12)13(8-1-2-8)9-3-4-9/h5-9,13H,1-4H2,(H,16,18). The Morgan fingerprint density at radius 1 is 1.22 bits per heavy atom. The molecule has 2 nitrogen and oxygen atoms in total. The average Bonchev–Trinajstić information content (AvgIpc) is 3.21. The van der Waals surface area contributed by atoms with Crippen LogP contribution in [0.4, 0.5) is 4.39 Å². The van der Waals surface area contributed by atoms with Gasteiger partial charge in [0.15, 0.2) is 4.77 Å². The molecule has 1 heterocycles. The van der Waals surface area contributed by atoms with Gasteiger partial charge in [0.1, 0.15) is 5.82 Å². The predicted octanol–water partition coefficient (Wildman–Crippen LogP) is 4.20. The number of fused-ring (bicyclic) bond motifs is 1. The lowest BCUT2D eigenvalue weighted by molar-refractivity contribution is 0.400. The zero-order valence-corrected chi connectivity index (χ0v) is 10.8. The maximum Gasteiger partial charge on any atom is 0.178 e. The molecule has 4 rings (SSSR count). The summed E-state index contributed by atoms with van der Waals surface area (Å²) in [7, 11) is 0. The van der Waals surface area contributed by atoms with Crippen molar-refractivity contribution >= 4 is 23.3 Å². The molecule has 2 saturated carbocycles. The highest BCUT2D eigenvalue weighted by molar-refractivity contribution is 7.71. The van der Waals surface area contributed by atoms with E-state index in [4.69, 9.17) is 12.2 Å². The molecule has 2 aromatic rings. The average molecular weight is 262 g/mol. The van der Waals surface area contributed by atoms with Gasteiger partial charge in [0, 0.05) is 6.04 Å². The van der Waals surface area contributed by atoms with Crippen molar-refractivity contribution in [3.63, 3.8) is 0 Å². The van der Waals surface area contributed by atoms with Gasteiger partial charge in [-0.15, -0.1) is 0 Å². The van der Waals surface area contributed by atoms with E-state index in [9.17, 15) is 4.39 Å². The van der Waals surface area contributed by atoms with Gasteiger partial charge in [-0.1, -0.05) is 0 Å². The molecule has 0 aliphatic heterocycles. The van der Waals surface area contributed by atoms with E-state index in [-0.39, 0.29) is 5.82 Å². The molecule has 1 aromatic heterocycles. The third-order valence-electron chi connectivity index (χ3n) is 4.19. The van der Waals surface area contributed by atoms with Crippen LogP contribution in [0.15, 0.2) is 18.2 Å². The quantitative estimate of drug-likeness (QED) is 0.822. The van der Waals surface area contributed by atoms with Gasteiger partial charge >= 0.3 is 0 Å². The van der Waals surface area contributed by atoms with Crippen molar-refractivity contribution < 1.29 is 4.39 Å². The van der Waals surface area contributed by atoms with Crippen molar-refractivity contribution in [2.75, 3.05) is 0 Å². The van der Waals surface area contributed by atoms with Gasteiger partial charge in [-0.3, -0.25) is 0 Å². The Morgan fingerprint density at radius 3 is 2.50 bits per heavy atom. The summed E-state index contributed by atoms with van der Waals surface area (Å²) in [5.41, 5.74) is 1.89. The number of hydrogen-bond donors (Lipinski definition) is 1. The first-order chi connectivity index (χ1) is 8.74. The molecular weight excluding hydrogens is 247 g/mol. The highest BCUT2D eigenvalue weighted by atomic mass is 32.1. The summed E-state index contributed by atoms with van der Waals surface area (Å²) < 4.78 is 16.3. The Morgan fingerprint density at radius 2 is 1.89 bits per heavy atom.